The van der Waals surface area contributed by atoms with Gasteiger partial charge in [0.25, 0.3) is 0 Å². The second-order valence-corrected chi connectivity index (χ2v) is 5.73. The number of hydrogen-bond donors (Lipinski definition) is 5. The number of carbonyl (C=O) groups excluding carboxylic acids is 1. The quantitative estimate of drug-likeness (QED) is 0.376. The summed E-state index contributed by atoms with van der Waals surface area (Å²) in [5.41, 5.74) is 1.95. The van der Waals surface area contributed by atoms with Gasteiger partial charge < -0.3 is 26.0 Å². The molecule has 0 radical (unpaired) electrons. The van der Waals surface area contributed by atoms with Gasteiger partial charge in [-0.05, 0) is 48.7 Å². The van der Waals surface area contributed by atoms with Crippen molar-refractivity contribution in [3.63, 3.8) is 0 Å². The van der Waals surface area contributed by atoms with E-state index in [4.69, 9.17) is 0 Å². The van der Waals surface area contributed by atoms with Crippen molar-refractivity contribution in [1.29, 1.82) is 0 Å². The molecule has 0 spiro atoms. The first-order valence-electron chi connectivity index (χ1n) is 7.72. The van der Waals surface area contributed by atoms with Crippen LogP contribution in [0, 0.1) is 0 Å². The number of aliphatic hydroxyl groups excluding tert-OH is 1. The fourth-order valence-electron chi connectivity index (χ4n) is 2.43. The topological polar surface area (TPSA) is 102 Å². The number of aromatic hydroxyl groups is 2. The Kier molecular flexibility index (Phi) is 6.17. The van der Waals surface area contributed by atoms with E-state index in [9.17, 15) is 20.1 Å². The van der Waals surface area contributed by atoms with Crippen molar-refractivity contribution < 1.29 is 20.1 Å². The lowest BCUT2D eigenvalue weighted by molar-refractivity contribution is -0.105. The number of benzene rings is 2. The summed E-state index contributed by atoms with van der Waals surface area (Å²) < 4.78 is 0. The van der Waals surface area contributed by atoms with Crippen molar-refractivity contribution in [2.75, 3.05) is 11.9 Å². The molecule has 128 valence electrons. The smallest absolute Gasteiger partial charge is 0.211 e. The Balaban J connectivity index is 1.90. The SMILES string of the molecule is CC(Cc1ccc(O)cc1)NCC(O)c1ccc(O)c(NC=O)c1. The van der Waals surface area contributed by atoms with Gasteiger partial charge in [0, 0.05) is 12.6 Å². The van der Waals surface area contributed by atoms with Gasteiger partial charge in [-0.15, -0.1) is 0 Å². The van der Waals surface area contributed by atoms with Crippen LogP contribution in [0.5, 0.6) is 11.5 Å². The zero-order valence-corrected chi connectivity index (χ0v) is 13.4. The van der Waals surface area contributed by atoms with E-state index >= 15 is 0 Å². The summed E-state index contributed by atoms with van der Waals surface area (Å²) in [6, 6.07) is 11.7. The average molecular weight is 330 g/mol. The van der Waals surface area contributed by atoms with Crippen LogP contribution in [0.25, 0.3) is 0 Å². The molecule has 0 aliphatic carbocycles. The molecule has 24 heavy (non-hydrogen) atoms. The predicted octanol–water partition coefficient (Wildman–Crippen LogP) is 1.92. The molecule has 0 aliphatic heterocycles. The minimum absolute atomic E-state index is 0.0493. The van der Waals surface area contributed by atoms with Crippen LogP contribution in [0.2, 0.25) is 0 Å². The lowest BCUT2D eigenvalue weighted by Crippen LogP contribution is -2.32. The zero-order chi connectivity index (χ0) is 17.5. The third kappa shape index (κ3) is 4.97. The number of aliphatic hydroxyl groups is 1. The third-order valence-electron chi connectivity index (χ3n) is 3.76. The number of phenols is 2. The van der Waals surface area contributed by atoms with Crippen LogP contribution in [-0.2, 0) is 11.2 Å². The second-order valence-electron chi connectivity index (χ2n) is 5.73. The lowest BCUT2D eigenvalue weighted by atomic mass is 10.1. The first kappa shape index (κ1) is 17.8. The highest BCUT2D eigenvalue weighted by molar-refractivity contribution is 5.75. The molecule has 0 heterocycles. The Hall–Kier alpha value is -2.57. The molecule has 2 aromatic rings. The molecule has 0 bridgehead atoms. The maximum atomic E-state index is 10.5. The monoisotopic (exact) mass is 330 g/mol. The average Bonchev–Trinajstić information content (AvgIpc) is 2.57. The first-order valence-corrected chi connectivity index (χ1v) is 7.72. The fraction of sp³-hybridized carbons (Fsp3) is 0.278. The van der Waals surface area contributed by atoms with Crippen LogP contribution in [0.4, 0.5) is 5.69 Å². The van der Waals surface area contributed by atoms with Crippen LogP contribution in [-0.4, -0.2) is 34.3 Å². The summed E-state index contributed by atoms with van der Waals surface area (Å²) in [6.07, 6.45) is 0.476. The summed E-state index contributed by atoms with van der Waals surface area (Å²) >= 11 is 0. The number of anilines is 1. The van der Waals surface area contributed by atoms with E-state index in [1.165, 1.54) is 6.07 Å². The molecule has 2 atom stereocenters. The molecular formula is C18H22N2O4. The van der Waals surface area contributed by atoms with Crippen LogP contribution in [0.15, 0.2) is 42.5 Å². The van der Waals surface area contributed by atoms with Crippen molar-refractivity contribution in [3.8, 4) is 11.5 Å². The number of phenolic OH excluding ortho intramolecular Hbond substituents is 2. The van der Waals surface area contributed by atoms with Crippen molar-refractivity contribution >= 4 is 12.1 Å². The summed E-state index contributed by atoms with van der Waals surface area (Å²) in [5.74, 6) is 0.188. The highest BCUT2D eigenvalue weighted by Gasteiger charge is 2.12. The Morgan fingerprint density at radius 3 is 2.50 bits per heavy atom. The lowest BCUT2D eigenvalue weighted by Gasteiger charge is -2.18. The van der Waals surface area contributed by atoms with E-state index in [1.807, 2.05) is 19.1 Å². The minimum atomic E-state index is -0.764. The Labute approximate surface area is 140 Å². The maximum Gasteiger partial charge on any atom is 0.211 e. The van der Waals surface area contributed by atoms with Crippen LogP contribution in [0.1, 0.15) is 24.2 Å². The second kappa shape index (κ2) is 8.33. The van der Waals surface area contributed by atoms with Crippen molar-refractivity contribution in [2.45, 2.75) is 25.5 Å². The molecule has 0 aromatic heterocycles. The fourth-order valence-corrected chi connectivity index (χ4v) is 2.43. The largest absolute Gasteiger partial charge is 0.508 e. The Bertz CT molecular complexity index is 673. The van der Waals surface area contributed by atoms with Gasteiger partial charge in [0.1, 0.15) is 11.5 Å². The van der Waals surface area contributed by atoms with Gasteiger partial charge in [-0.3, -0.25) is 4.79 Å². The van der Waals surface area contributed by atoms with Gasteiger partial charge in [-0.2, -0.15) is 0 Å². The summed E-state index contributed by atoms with van der Waals surface area (Å²) in [4.78, 5) is 10.5. The van der Waals surface area contributed by atoms with Crippen LogP contribution in [0.3, 0.4) is 0 Å². The van der Waals surface area contributed by atoms with E-state index < -0.39 is 6.10 Å². The van der Waals surface area contributed by atoms with Gasteiger partial charge in [-0.1, -0.05) is 18.2 Å². The van der Waals surface area contributed by atoms with E-state index in [1.54, 1.807) is 24.3 Å². The van der Waals surface area contributed by atoms with Gasteiger partial charge in [0.05, 0.1) is 11.8 Å². The van der Waals surface area contributed by atoms with Gasteiger partial charge in [-0.25, -0.2) is 0 Å². The number of carbonyl (C=O) groups is 1. The van der Waals surface area contributed by atoms with Crippen LogP contribution >= 0.6 is 0 Å². The number of hydrogen-bond acceptors (Lipinski definition) is 5. The number of rotatable bonds is 8. The molecule has 2 rings (SSSR count). The maximum absolute atomic E-state index is 10.5. The molecule has 0 saturated heterocycles. The highest BCUT2D eigenvalue weighted by Crippen LogP contribution is 2.26. The van der Waals surface area contributed by atoms with E-state index in [0.29, 0.717) is 18.5 Å². The normalized spacial score (nSPS) is 13.2. The van der Waals surface area contributed by atoms with Crippen molar-refractivity contribution in [2.24, 2.45) is 0 Å². The molecule has 0 aliphatic rings. The predicted molar refractivity (Wildman–Crippen MR) is 92.0 cm³/mol. The third-order valence-corrected chi connectivity index (χ3v) is 3.76. The molecule has 2 aromatic carbocycles. The standard InChI is InChI=1S/C18H22N2O4/c1-12(8-13-2-5-15(22)6-3-13)19-10-18(24)14-4-7-17(23)16(9-14)20-11-21/h2-7,9,11-12,18-19,22-24H,8,10H2,1H3,(H,20,21). The molecule has 6 nitrogen and oxygen atoms in total. The van der Waals surface area contributed by atoms with E-state index in [2.05, 4.69) is 10.6 Å². The zero-order valence-electron chi connectivity index (χ0n) is 13.4. The van der Waals surface area contributed by atoms with Crippen LogP contribution < -0.4 is 10.6 Å². The van der Waals surface area contributed by atoms with Crippen molar-refractivity contribution in [1.82, 2.24) is 5.32 Å². The van der Waals surface area contributed by atoms with Gasteiger partial charge >= 0.3 is 0 Å². The molecule has 2 unspecified atom stereocenters. The molecular weight excluding hydrogens is 308 g/mol. The Morgan fingerprint density at radius 1 is 1.12 bits per heavy atom. The van der Waals surface area contributed by atoms with Crippen molar-refractivity contribution in [3.05, 3.63) is 53.6 Å². The minimum Gasteiger partial charge on any atom is -0.508 e. The summed E-state index contributed by atoms with van der Waals surface area (Å²) in [6.45, 7) is 2.35. The van der Waals surface area contributed by atoms with Gasteiger partial charge in [0.2, 0.25) is 6.41 Å². The van der Waals surface area contributed by atoms with Gasteiger partial charge in [0.15, 0.2) is 0 Å². The van der Waals surface area contributed by atoms with E-state index in [0.717, 1.165) is 12.0 Å². The number of amides is 1. The molecule has 0 fully saturated rings. The molecule has 6 heteroatoms. The first-order chi connectivity index (χ1) is 11.5. The summed E-state index contributed by atoms with van der Waals surface area (Å²) in [5, 5.41) is 34.8. The number of nitrogens with one attached hydrogen (secondary N) is 2. The molecule has 1 amide bonds. The Morgan fingerprint density at radius 2 is 1.83 bits per heavy atom. The molecule has 0 saturated carbocycles. The highest BCUT2D eigenvalue weighted by atomic mass is 16.3. The molecule has 5 N–H and O–H groups in total. The van der Waals surface area contributed by atoms with E-state index in [-0.39, 0.29) is 23.2 Å². The summed E-state index contributed by atoms with van der Waals surface area (Å²) in [7, 11) is 0.